The van der Waals surface area contributed by atoms with Crippen LogP contribution in [0.15, 0.2) is 18.2 Å². The van der Waals surface area contributed by atoms with E-state index in [9.17, 15) is 17.6 Å². The van der Waals surface area contributed by atoms with E-state index in [0.717, 1.165) is 12.8 Å². The van der Waals surface area contributed by atoms with Gasteiger partial charge >= 0.3 is 6.03 Å². The molecular formula is C20H29FN4O4S. The van der Waals surface area contributed by atoms with Crippen molar-refractivity contribution in [1.82, 2.24) is 14.9 Å². The maximum atomic E-state index is 13.9. The molecule has 1 aromatic rings. The number of amidine groups is 1. The van der Waals surface area contributed by atoms with Crippen LogP contribution in [0.1, 0.15) is 50.6 Å². The quantitative estimate of drug-likeness (QED) is 0.434. The predicted molar refractivity (Wildman–Crippen MR) is 112 cm³/mol. The van der Waals surface area contributed by atoms with Crippen LogP contribution in [0.4, 0.5) is 9.18 Å². The second-order valence-corrected chi connectivity index (χ2v) is 9.87. The van der Waals surface area contributed by atoms with Crippen molar-refractivity contribution < 1.29 is 22.3 Å². The lowest BCUT2D eigenvalue weighted by Gasteiger charge is -2.17. The molecule has 1 aromatic carbocycles. The number of amides is 2. The van der Waals surface area contributed by atoms with Crippen LogP contribution in [0.3, 0.4) is 0 Å². The number of ether oxygens (including phenoxy) is 1. The Morgan fingerprint density at radius 3 is 2.77 bits per heavy atom. The van der Waals surface area contributed by atoms with E-state index in [1.807, 2.05) is 0 Å². The van der Waals surface area contributed by atoms with Gasteiger partial charge in [-0.3, -0.25) is 10.7 Å². The van der Waals surface area contributed by atoms with Crippen LogP contribution in [-0.4, -0.2) is 50.6 Å². The third-order valence-electron chi connectivity index (χ3n) is 5.22. The molecule has 0 aromatic heterocycles. The fourth-order valence-corrected chi connectivity index (χ4v) is 4.63. The maximum Gasteiger partial charge on any atom is 0.323 e. The second-order valence-electron chi connectivity index (χ2n) is 7.99. The van der Waals surface area contributed by atoms with E-state index in [4.69, 9.17) is 10.1 Å². The average molecular weight is 441 g/mol. The summed E-state index contributed by atoms with van der Waals surface area (Å²) in [6.07, 6.45) is 4.00. The third-order valence-corrected chi connectivity index (χ3v) is 6.76. The van der Waals surface area contributed by atoms with Crippen molar-refractivity contribution in [2.45, 2.75) is 45.1 Å². The molecule has 1 heterocycles. The van der Waals surface area contributed by atoms with E-state index in [-0.39, 0.29) is 29.9 Å². The molecule has 0 spiro atoms. The van der Waals surface area contributed by atoms with Crippen molar-refractivity contribution in [2.24, 2.45) is 5.92 Å². The number of unbranched alkanes of at least 4 members (excludes halogenated alkanes) is 2. The van der Waals surface area contributed by atoms with E-state index in [1.54, 1.807) is 19.1 Å². The third kappa shape index (κ3) is 6.66. The number of hydrogen-bond acceptors (Lipinski definition) is 5. The summed E-state index contributed by atoms with van der Waals surface area (Å²) in [4.78, 5) is 13.1. The Bertz CT molecular complexity index is 889. The van der Waals surface area contributed by atoms with Gasteiger partial charge < -0.3 is 9.64 Å². The number of carbonyl (C=O) groups is 1. The Morgan fingerprint density at radius 2 is 2.10 bits per heavy atom. The van der Waals surface area contributed by atoms with Gasteiger partial charge in [-0.2, -0.15) is 0 Å². The number of sulfonamides is 1. The Morgan fingerprint density at radius 1 is 1.33 bits per heavy atom. The smallest absolute Gasteiger partial charge is 0.323 e. The van der Waals surface area contributed by atoms with Gasteiger partial charge in [0.25, 0.3) is 0 Å². The van der Waals surface area contributed by atoms with Gasteiger partial charge in [-0.15, -0.1) is 0 Å². The first-order valence-corrected chi connectivity index (χ1v) is 11.9. The first-order chi connectivity index (χ1) is 14.2. The Balaban J connectivity index is 1.42. The van der Waals surface area contributed by atoms with Crippen LogP contribution < -0.4 is 14.8 Å². The molecule has 2 fully saturated rings. The molecule has 0 radical (unpaired) electrons. The molecule has 3 rings (SSSR count). The average Bonchev–Trinajstić information content (AvgIpc) is 3.44. The number of urea groups is 1. The lowest BCUT2D eigenvalue weighted by atomic mass is 10.1. The lowest BCUT2D eigenvalue weighted by Crippen LogP contribution is -2.30. The van der Waals surface area contributed by atoms with Crippen LogP contribution in [0.25, 0.3) is 0 Å². The van der Waals surface area contributed by atoms with Gasteiger partial charge in [0.05, 0.1) is 18.9 Å². The van der Waals surface area contributed by atoms with Gasteiger partial charge in [-0.25, -0.2) is 22.3 Å². The van der Waals surface area contributed by atoms with Crippen LogP contribution in [0.5, 0.6) is 5.75 Å². The topological polar surface area (TPSA) is 112 Å². The molecule has 1 saturated carbocycles. The number of benzene rings is 1. The van der Waals surface area contributed by atoms with Crippen molar-refractivity contribution in [2.75, 3.05) is 25.4 Å². The summed E-state index contributed by atoms with van der Waals surface area (Å²) >= 11 is 0. The molecule has 10 heteroatoms. The van der Waals surface area contributed by atoms with E-state index < -0.39 is 21.9 Å². The van der Waals surface area contributed by atoms with Crippen LogP contribution >= 0.6 is 0 Å². The van der Waals surface area contributed by atoms with Gasteiger partial charge in [0, 0.05) is 12.6 Å². The standard InChI is InChI=1S/C20H29FN4O4S/c1-14(16-7-8-17(21)18(11-16)29-13-15-5-6-15)24-30(27,28)10-4-2-3-9-25-12-19(22)23-20(25)26/h7-8,11,14-15,24H,2-6,9-10,12-13H2,1H3,(H2,22,23,26)/t14-/m1/s1. The minimum Gasteiger partial charge on any atom is -0.490 e. The number of rotatable bonds is 12. The highest BCUT2D eigenvalue weighted by molar-refractivity contribution is 7.89. The van der Waals surface area contributed by atoms with E-state index >= 15 is 0 Å². The highest BCUT2D eigenvalue weighted by atomic mass is 32.2. The molecular weight excluding hydrogens is 411 g/mol. The van der Waals surface area contributed by atoms with Crippen molar-refractivity contribution in [3.8, 4) is 5.75 Å². The number of carbonyl (C=O) groups excluding carboxylic acids is 1. The molecule has 1 saturated heterocycles. The van der Waals surface area contributed by atoms with E-state index in [0.29, 0.717) is 43.9 Å². The summed E-state index contributed by atoms with van der Waals surface area (Å²) in [6, 6.07) is 3.65. The SMILES string of the molecule is C[C@@H](NS(=O)(=O)CCCCCN1CC(=N)NC1=O)c1ccc(F)c(OCC2CC2)c1. The fourth-order valence-electron chi connectivity index (χ4n) is 3.25. The Labute approximate surface area is 176 Å². The van der Waals surface area contributed by atoms with E-state index in [1.165, 1.54) is 11.0 Å². The largest absolute Gasteiger partial charge is 0.490 e. The number of nitrogens with zero attached hydrogens (tertiary/aromatic N) is 1. The molecule has 0 unspecified atom stereocenters. The molecule has 0 bridgehead atoms. The van der Waals surface area contributed by atoms with Crippen LogP contribution in [0, 0.1) is 17.1 Å². The van der Waals surface area contributed by atoms with Gasteiger partial charge in [-0.05, 0) is 56.2 Å². The number of hydrogen-bond donors (Lipinski definition) is 3. The maximum absolute atomic E-state index is 13.9. The molecule has 1 aliphatic heterocycles. The van der Waals surface area contributed by atoms with E-state index in [2.05, 4.69) is 10.0 Å². The van der Waals surface area contributed by atoms with Gasteiger partial charge in [0.2, 0.25) is 10.0 Å². The predicted octanol–water partition coefficient (Wildman–Crippen LogP) is 2.77. The van der Waals surface area contributed by atoms with Crippen molar-refractivity contribution in [3.63, 3.8) is 0 Å². The molecule has 2 amide bonds. The fraction of sp³-hybridized carbons (Fsp3) is 0.600. The highest BCUT2D eigenvalue weighted by Gasteiger charge is 2.24. The summed E-state index contributed by atoms with van der Waals surface area (Å²) in [5.74, 6) is 0.366. The molecule has 1 atom stereocenters. The minimum atomic E-state index is -3.50. The van der Waals surface area contributed by atoms with Crippen molar-refractivity contribution in [1.29, 1.82) is 5.41 Å². The Kier molecular flexibility index (Phi) is 7.30. The van der Waals surface area contributed by atoms with Crippen LogP contribution in [-0.2, 0) is 10.0 Å². The normalized spacial score (nSPS) is 17.9. The Hall–Kier alpha value is -2.20. The molecule has 3 N–H and O–H groups in total. The highest BCUT2D eigenvalue weighted by Crippen LogP contribution is 2.31. The zero-order valence-corrected chi connectivity index (χ0v) is 17.9. The molecule has 2 aliphatic rings. The van der Waals surface area contributed by atoms with Crippen LogP contribution in [0.2, 0.25) is 0 Å². The van der Waals surface area contributed by atoms with Crippen molar-refractivity contribution >= 4 is 21.9 Å². The number of halogens is 1. The van der Waals surface area contributed by atoms with Gasteiger partial charge in [0.1, 0.15) is 5.84 Å². The first-order valence-electron chi connectivity index (χ1n) is 10.3. The van der Waals surface area contributed by atoms with Gasteiger partial charge in [0.15, 0.2) is 11.6 Å². The summed E-state index contributed by atoms with van der Waals surface area (Å²) in [6.45, 7) is 2.98. The number of nitrogens with one attached hydrogen (secondary N) is 3. The second kappa shape index (κ2) is 9.74. The molecule has 166 valence electrons. The molecule has 30 heavy (non-hydrogen) atoms. The zero-order chi connectivity index (χ0) is 21.7. The molecule has 8 nitrogen and oxygen atoms in total. The first kappa shape index (κ1) is 22.5. The summed E-state index contributed by atoms with van der Waals surface area (Å²) < 4.78 is 46.9. The lowest BCUT2D eigenvalue weighted by molar-refractivity contribution is 0.216. The summed E-state index contributed by atoms with van der Waals surface area (Å²) in [5, 5.41) is 9.85. The summed E-state index contributed by atoms with van der Waals surface area (Å²) in [5.41, 5.74) is 0.647. The minimum absolute atomic E-state index is 0.0222. The van der Waals surface area contributed by atoms with Crippen molar-refractivity contribution in [3.05, 3.63) is 29.6 Å². The summed E-state index contributed by atoms with van der Waals surface area (Å²) in [7, 11) is -3.50. The zero-order valence-electron chi connectivity index (χ0n) is 17.1. The molecule has 1 aliphatic carbocycles. The monoisotopic (exact) mass is 440 g/mol. The van der Waals surface area contributed by atoms with Gasteiger partial charge in [-0.1, -0.05) is 12.5 Å².